The number of anilines is 2. The number of rotatable bonds is 6. The minimum absolute atomic E-state index is 0.131. The number of nitrogens with one attached hydrogen (secondary N) is 1. The summed E-state index contributed by atoms with van der Waals surface area (Å²) < 4.78 is 10.7. The molecule has 0 radical (unpaired) electrons. The quantitative estimate of drug-likeness (QED) is 0.858. The fourth-order valence-corrected chi connectivity index (χ4v) is 2.86. The van der Waals surface area contributed by atoms with Crippen molar-refractivity contribution in [1.82, 2.24) is 10.2 Å². The average molecular weight is 356 g/mol. The lowest BCUT2D eigenvalue weighted by atomic mass is 9.99. The lowest BCUT2D eigenvalue weighted by Crippen LogP contribution is -2.33. The first kappa shape index (κ1) is 18.0. The highest BCUT2D eigenvalue weighted by atomic mass is 16.5. The van der Waals surface area contributed by atoms with Crippen LogP contribution < -0.4 is 19.7 Å². The zero-order valence-electron chi connectivity index (χ0n) is 15.1. The van der Waals surface area contributed by atoms with Crippen LogP contribution in [0, 0.1) is 5.92 Å². The normalized spacial score (nSPS) is 14.8. The van der Waals surface area contributed by atoms with Gasteiger partial charge >= 0.3 is 0 Å². The van der Waals surface area contributed by atoms with Crippen LogP contribution in [0.5, 0.6) is 11.5 Å². The van der Waals surface area contributed by atoms with Gasteiger partial charge < -0.3 is 19.7 Å². The molecule has 7 nitrogen and oxygen atoms in total. The number of piperidine rings is 1. The van der Waals surface area contributed by atoms with Gasteiger partial charge in [0, 0.05) is 13.1 Å². The largest absolute Gasteiger partial charge is 0.493 e. The Morgan fingerprint density at radius 2 is 1.88 bits per heavy atom. The number of amides is 1. The molecule has 0 aliphatic carbocycles. The number of carbonyl (C=O) groups is 1. The molecule has 1 amide bonds. The predicted octanol–water partition coefficient (Wildman–Crippen LogP) is 2.74. The zero-order chi connectivity index (χ0) is 18.4. The topological polar surface area (TPSA) is 76.6 Å². The summed E-state index contributed by atoms with van der Waals surface area (Å²) in [6.45, 7) is 4.13. The maximum Gasteiger partial charge on any atom is 0.263 e. The maximum absolute atomic E-state index is 12.1. The fraction of sp³-hybridized carbons (Fsp3) is 0.421. The Morgan fingerprint density at radius 1 is 1.15 bits per heavy atom. The predicted molar refractivity (Wildman–Crippen MR) is 99.8 cm³/mol. The molecule has 1 aliphatic rings. The molecule has 0 bridgehead atoms. The molecule has 1 fully saturated rings. The molecule has 0 spiro atoms. The monoisotopic (exact) mass is 356 g/mol. The van der Waals surface area contributed by atoms with Gasteiger partial charge in [-0.15, -0.1) is 10.2 Å². The van der Waals surface area contributed by atoms with E-state index >= 15 is 0 Å². The number of aromatic nitrogens is 2. The van der Waals surface area contributed by atoms with Crippen molar-refractivity contribution < 1.29 is 14.3 Å². The van der Waals surface area contributed by atoms with Crippen LogP contribution >= 0.6 is 0 Å². The number of ether oxygens (including phenoxy) is 2. The number of carbonyl (C=O) groups excluding carboxylic acids is 1. The molecule has 138 valence electrons. The summed E-state index contributed by atoms with van der Waals surface area (Å²) in [5.41, 5.74) is 0. The van der Waals surface area contributed by atoms with E-state index in [0.29, 0.717) is 17.3 Å². The molecule has 1 aromatic carbocycles. The molecule has 1 saturated heterocycles. The minimum atomic E-state index is -0.301. The Kier molecular flexibility index (Phi) is 5.88. The molecule has 1 aliphatic heterocycles. The molecule has 1 aromatic heterocycles. The van der Waals surface area contributed by atoms with Gasteiger partial charge in [-0.25, -0.2) is 0 Å². The number of hydrogen-bond donors (Lipinski definition) is 1. The SMILES string of the molecule is COc1ccccc1OCC(=O)Nc1ccc(N2CCC(C)CC2)nn1. The van der Waals surface area contributed by atoms with Crippen molar-refractivity contribution in [2.24, 2.45) is 5.92 Å². The molecule has 0 atom stereocenters. The Morgan fingerprint density at radius 3 is 2.54 bits per heavy atom. The minimum Gasteiger partial charge on any atom is -0.493 e. The second-order valence-corrected chi connectivity index (χ2v) is 6.43. The molecule has 0 unspecified atom stereocenters. The van der Waals surface area contributed by atoms with Crippen molar-refractivity contribution >= 4 is 17.5 Å². The highest BCUT2D eigenvalue weighted by molar-refractivity contribution is 5.90. The summed E-state index contributed by atoms with van der Waals surface area (Å²) in [6.07, 6.45) is 2.33. The van der Waals surface area contributed by atoms with E-state index in [4.69, 9.17) is 9.47 Å². The molecular formula is C19H24N4O3. The van der Waals surface area contributed by atoms with Crippen LogP contribution in [0.3, 0.4) is 0 Å². The standard InChI is InChI=1S/C19H24N4O3/c1-14-9-11-23(12-10-14)18-8-7-17(21-22-18)20-19(24)13-26-16-6-4-3-5-15(16)25-2/h3-8,14H,9-13H2,1-2H3,(H,20,21,24). The summed E-state index contributed by atoms with van der Waals surface area (Å²) in [5, 5.41) is 11.0. The summed E-state index contributed by atoms with van der Waals surface area (Å²) in [6, 6.07) is 10.8. The van der Waals surface area contributed by atoms with Crippen LogP contribution in [0.2, 0.25) is 0 Å². The molecule has 26 heavy (non-hydrogen) atoms. The lowest BCUT2D eigenvalue weighted by molar-refractivity contribution is -0.118. The Labute approximate surface area is 153 Å². The summed E-state index contributed by atoms with van der Waals surface area (Å²) >= 11 is 0. The first-order valence-electron chi connectivity index (χ1n) is 8.80. The van der Waals surface area contributed by atoms with Gasteiger partial charge in [-0.1, -0.05) is 19.1 Å². The maximum atomic E-state index is 12.1. The van der Waals surface area contributed by atoms with E-state index in [0.717, 1.165) is 24.8 Å². The van der Waals surface area contributed by atoms with E-state index in [1.54, 1.807) is 25.3 Å². The van der Waals surface area contributed by atoms with E-state index in [2.05, 4.69) is 27.3 Å². The van der Waals surface area contributed by atoms with Gasteiger partial charge in [0.25, 0.3) is 5.91 Å². The highest BCUT2D eigenvalue weighted by Crippen LogP contribution is 2.25. The third-order valence-corrected chi connectivity index (χ3v) is 4.45. The summed E-state index contributed by atoms with van der Waals surface area (Å²) in [5.74, 6) is 2.82. The first-order valence-corrected chi connectivity index (χ1v) is 8.80. The third-order valence-electron chi connectivity index (χ3n) is 4.45. The van der Waals surface area contributed by atoms with Crippen molar-refractivity contribution in [2.45, 2.75) is 19.8 Å². The smallest absolute Gasteiger partial charge is 0.263 e. The molecular weight excluding hydrogens is 332 g/mol. The Bertz CT molecular complexity index is 728. The van der Waals surface area contributed by atoms with Crippen LogP contribution in [-0.4, -0.2) is 42.9 Å². The van der Waals surface area contributed by atoms with Crippen molar-refractivity contribution in [2.75, 3.05) is 37.0 Å². The lowest BCUT2D eigenvalue weighted by Gasteiger charge is -2.30. The first-order chi connectivity index (χ1) is 12.7. The highest BCUT2D eigenvalue weighted by Gasteiger charge is 2.17. The van der Waals surface area contributed by atoms with Crippen LogP contribution in [0.4, 0.5) is 11.6 Å². The van der Waals surface area contributed by atoms with Gasteiger partial charge in [0.15, 0.2) is 29.7 Å². The van der Waals surface area contributed by atoms with Gasteiger partial charge in [0.1, 0.15) is 0 Å². The van der Waals surface area contributed by atoms with Gasteiger partial charge in [0.05, 0.1) is 7.11 Å². The van der Waals surface area contributed by atoms with E-state index < -0.39 is 0 Å². The molecule has 3 rings (SSSR count). The van der Waals surface area contributed by atoms with Gasteiger partial charge in [-0.2, -0.15) is 0 Å². The van der Waals surface area contributed by atoms with Crippen molar-refractivity contribution in [1.29, 1.82) is 0 Å². The number of hydrogen-bond acceptors (Lipinski definition) is 6. The van der Waals surface area contributed by atoms with E-state index in [-0.39, 0.29) is 12.5 Å². The number of nitrogens with zero attached hydrogens (tertiary/aromatic N) is 3. The van der Waals surface area contributed by atoms with Crippen LogP contribution in [0.15, 0.2) is 36.4 Å². The van der Waals surface area contributed by atoms with E-state index in [1.165, 1.54) is 12.8 Å². The third kappa shape index (κ3) is 4.62. The molecule has 1 N–H and O–H groups in total. The van der Waals surface area contributed by atoms with Crippen LogP contribution in [0.25, 0.3) is 0 Å². The fourth-order valence-electron chi connectivity index (χ4n) is 2.86. The average Bonchev–Trinajstić information content (AvgIpc) is 2.68. The number of benzene rings is 1. The van der Waals surface area contributed by atoms with E-state index in [9.17, 15) is 4.79 Å². The summed E-state index contributed by atoms with van der Waals surface area (Å²) in [4.78, 5) is 14.3. The Balaban J connectivity index is 1.51. The van der Waals surface area contributed by atoms with Gasteiger partial charge in [0.2, 0.25) is 0 Å². The van der Waals surface area contributed by atoms with E-state index in [1.807, 2.05) is 18.2 Å². The molecule has 2 heterocycles. The molecule has 7 heteroatoms. The molecule has 0 saturated carbocycles. The summed E-state index contributed by atoms with van der Waals surface area (Å²) in [7, 11) is 1.56. The van der Waals surface area contributed by atoms with Crippen LogP contribution in [-0.2, 0) is 4.79 Å². The zero-order valence-corrected chi connectivity index (χ0v) is 15.1. The second-order valence-electron chi connectivity index (χ2n) is 6.43. The van der Waals surface area contributed by atoms with Gasteiger partial charge in [-0.05, 0) is 43.0 Å². The Hall–Kier alpha value is -2.83. The van der Waals surface area contributed by atoms with Gasteiger partial charge in [-0.3, -0.25) is 4.79 Å². The van der Waals surface area contributed by atoms with Crippen molar-refractivity contribution in [3.8, 4) is 11.5 Å². The van der Waals surface area contributed by atoms with Crippen LogP contribution in [0.1, 0.15) is 19.8 Å². The van der Waals surface area contributed by atoms with Crippen molar-refractivity contribution in [3.05, 3.63) is 36.4 Å². The number of para-hydroxylation sites is 2. The van der Waals surface area contributed by atoms with Crippen molar-refractivity contribution in [3.63, 3.8) is 0 Å². The number of methoxy groups -OCH3 is 1. The second kappa shape index (κ2) is 8.51. The molecule has 2 aromatic rings.